The average Bonchev–Trinajstić information content (AvgIpc) is 3.18. The Hall–Kier alpha value is -2.41. The highest BCUT2D eigenvalue weighted by molar-refractivity contribution is 5.84. The number of carbonyl (C=O) groups is 2. The molecule has 1 aromatic heterocycles. The highest BCUT2D eigenvalue weighted by Crippen LogP contribution is 2.20. The Balaban J connectivity index is 1.31. The lowest BCUT2D eigenvalue weighted by molar-refractivity contribution is -0.137. The molecular formula is C21H29N5O2. The first-order valence-electron chi connectivity index (χ1n) is 10.3. The van der Waals surface area contributed by atoms with Gasteiger partial charge in [0, 0.05) is 39.3 Å². The van der Waals surface area contributed by atoms with Gasteiger partial charge in [0.15, 0.2) is 0 Å². The van der Waals surface area contributed by atoms with E-state index in [0.717, 1.165) is 50.1 Å². The number of fused-ring (bicyclic) bond motifs is 1. The van der Waals surface area contributed by atoms with E-state index in [2.05, 4.69) is 9.88 Å². The van der Waals surface area contributed by atoms with Gasteiger partial charge in [-0.1, -0.05) is 12.1 Å². The molecule has 2 saturated heterocycles. The fraction of sp³-hybridized carbons (Fsp3) is 0.571. The van der Waals surface area contributed by atoms with Crippen molar-refractivity contribution in [2.45, 2.75) is 32.2 Å². The summed E-state index contributed by atoms with van der Waals surface area (Å²) in [7, 11) is 0. The van der Waals surface area contributed by atoms with Gasteiger partial charge in [-0.25, -0.2) is 4.98 Å². The summed E-state index contributed by atoms with van der Waals surface area (Å²) in [4.78, 5) is 36.0. The van der Waals surface area contributed by atoms with Crippen molar-refractivity contribution in [3.63, 3.8) is 0 Å². The lowest BCUT2D eigenvalue weighted by atomic mass is 10.1. The van der Waals surface area contributed by atoms with Gasteiger partial charge in [0.2, 0.25) is 11.8 Å². The summed E-state index contributed by atoms with van der Waals surface area (Å²) < 4.78 is 1.95. The average molecular weight is 383 g/mol. The van der Waals surface area contributed by atoms with Crippen LogP contribution in [0, 0.1) is 0 Å². The number of rotatable bonds is 4. The van der Waals surface area contributed by atoms with Gasteiger partial charge in [-0.05, 0) is 38.3 Å². The number of benzene rings is 1. The molecule has 1 atom stereocenters. The Morgan fingerprint density at radius 2 is 1.68 bits per heavy atom. The first kappa shape index (κ1) is 18.9. The predicted molar refractivity (Wildman–Crippen MR) is 108 cm³/mol. The topological polar surface area (TPSA) is 61.7 Å². The van der Waals surface area contributed by atoms with Crippen LogP contribution in [0.4, 0.5) is 0 Å². The van der Waals surface area contributed by atoms with Crippen LogP contribution in [0.3, 0.4) is 0 Å². The highest BCUT2D eigenvalue weighted by Gasteiger charge is 2.28. The van der Waals surface area contributed by atoms with Gasteiger partial charge in [-0.2, -0.15) is 0 Å². The molecular weight excluding hydrogens is 354 g/mol. The van der Waals surface area contributed by atoms with Crippen LogP contribution in [0.25, 0.3) is 11.0 Å². The summed E-state index contributed by atoms with van der Waals surface area (Å²) in [6, 6.07) is 7.60. The molecule has 0 radical (unpaired) electrons. The number of nitrogens with zero attached hydrogens (tertiary/aromatic N) is 5. The molecule has 150 valence electrons. The van der Waals surface area contributed by atoms with E-state index in [-0.39, 0.29) is 17.9 Å². The Bertz CT molecular complexity index is 834. The first-order valence-corrected chi connectivity index (χ1v) is 10.3. The molecule has 2 aromatic rings. The molecule has 7 heteroatoms. The number of likely N-dealkylation sites (tertiary alicyclic amines) is 1. The maximum Gasteiger partial charge on any atom is 0.245 e. The Labute approximate surface area is 165 Å². The zero-order valence-electron chi connectivity index (χ0n) is 16.6. The van der Waals surface area contributed by atoms with Gasteiger partial charge in [-0.15, -0.1) is 0 Å². The van der Waals surface area contributed by atoms with Crippen LogP contribution in [-0.2, 0) is 9.59 Å². The Kier molecular flexibility index (Phi) is 5.62. The number of piperazine rings is 1. The number of imidazole rings is 1. The molecule has 28 heavy (non-hydrogen) atoms. The molecule has 2 fully saturated rings. The lowest BCUT2D eigenvalue weighted by Crippen LogP contribution is -2.53. The summed E-state index contributed by atoms with van der Waals surface area (Å²) in [5, 5.41) is 0. The monoisotopic (exact) mass is 383 g/mol. The Morgan fingerprint density at radius 3 is 2.43 bits per heavy atom. The first-order chi connectivity index (χ1) is 13.6. The lowest BCUT2D eigenvalue weighted by Gasteiger charge is -2.37. The predicted octanol–water partition coefficient (Wildman–Crippen LogP) is 1.75. The molecule has 0 saturated carbocycles. The van der Waals surface area contributed by atoms with Crippen LogP contribution < -0.4 is 0 Å². The summed E-state index contributed by atoms with van der Waals surface area (Å²) in [6.07, 6.45) is 5.22. The van der Waals surface area contributed by atoms with Gasteiger partial charge in [0.25, 0.3) is 0 Å². The number of aromatic nitrogens is 2. The summed E-state index contributed by atoms with van der Waals surface area (Å²) >= 11 is 0. The molecule has 4 rings (SSSR count). The third-order valence-corrected chi connectivity index (χ3v) is 6.01. The van der Waals surface area contributed by atoms with Crippen molar-refractivity contribution >= 4 is 22.8 Å². The smallest absolute Gasteiger partial charge is 0.245 e. The number of hydrogen-bond acceptors (Lipinski definition) is 4. The largest absolute Gasteiger partial charge is 0.342 e. The number of para-hydroxylation sites is 2. The number of amides is 2. The van der Waals surface area contributed by atoms with Crippen molar-refractivity contribution in [2.75, 3.05) is 45.8 Å². The number of carbonyl (C=O) groups excluding carboxylic acids is 2. The van der Waals surface area contributed by atoms with Crippen molar-refractivity contribution in [3.8, 4) is 0 Å². The van der Waals surface area contributed by atoms with Crippen LogP contribution in [0.1, 0.15) is 32.2 Å². The van der Waals surface area contributed by atoms with Gasteiger partial charge in [0.05, 0.1) is 23.9 Å². The van der Waals surface area contributed by atoms with Crippen LogP contribution in [0.15, 0.2) is 30.6 Å². The summed E-state index contributed by atoms with van der Waals surface area (Å²) in [5.74, 6) is 0.350. The molecule has 0 bridgehead atoms. The second-order valence-electron chi connectivity index (χ2n) is 7.86. The minimum absolute atomic E-state index is 0.116. The normalized spacial score (nSPS) is 19.8. The third kappa shape index (κ3) is 3.90. The van der Waals surface area contributed by atoms with E-state index in [4.69, 9.17) is 0 Å². The molecule has 3 heterocycles. The van der Waals surface area contributed by atoms with Crippen LogP contribution in [0.5, 0.6) is 0 Å². The molecule has 0 N–H and O–H groups in total. The highest BCUT2D eigenvalue weighted by atomic mass is 16.2. The van der Waals surface area contributed by atoms with Crippen LogP contribution in [-0.4, -0.2) is 81.9 Å². The summed E-state index contributed by atoms with van der Waals surface area (Å²) in [6.45, 7) is 7.05. The molecule has 2 amide bonds. The molecule has 1 unspecified atom stereocenters. The SMILES string of the molecule is CC(C(=O)N1CCN(CC(=O)N2CCCCC2)CC1)n1cnc2ccccc21. The second kappa shape index (κ2) is 8.31. The molecule has 0 aliphatic carbocycles. The van der Waals surface area contributed by atoms with Crippen LogP contribution in [0.2, 0.25) is 0 Å². The molecule has 7 nitrogen and oxygen atoms in total. The molecule has 1 aromatic carbocycles. The van der Waals surface area contributed by atoms with Crippen molar-refractivity contribution in [1.82, 2.24) is 24.3 Å². The Morgan fingerprint density at radius 1 is 0.964 bits per heavy atom. The molecule has 2 aliphatic heterocycles. The van der Waals surface area contributed by atoms with Crippen molar-refractivity contribution in [1.29, 1.82) is 0 Å². The quantitative estimate of drug-likeness (QED) is 0.807. The van der Waals surface area contributed by atoms with E-state index in [1.165, 1.54) is 6.42 Å². The van der Waals surface area contributed by atoms with Gasteiger partial charge in [-0.3, -0.25) is 14.5 Å². The van der Waals surface area contributed by atoms with Gasteiger partial charge < -0.3 is 14.4 Å². The minimum Gasteiger partial charge on any atom is -0.342 e. The minimum atomic E-state index is -0.283. The zero-order valence-corrected chi connectivity index (χ0v) is 16.6. The van der Waals surface area contributed by atoms with Crippen molar-refractivity contribution in [2.24, 2.45) is 0 Å². The zero-order chi connectivity index (χ0) is 19.5. The standard InChI is InChI=1S/C21H29N5O2/c1-17(26-16-22-18-7-3-4-8-19(18)26)21(28)25-13-11-23(12-14-25)15-20(27)24-9-5-2-6-10-24/h3-4,7-8,16-17H,2,5-6,9-15H2,1H3. The van der Waals surface area contributed by atoms with E-state index in [0.29, 0.717) is 19.6 Å². The number of hydrogen-bond donors (Lipinski definition) is 0. The van der Waals surface area contributed by atoms with E-state index in [1.807, 2.05) is 45.6 Å². The number of piperidine rings is 1. The van der Waals surface area contributed by atoms with Gasteiger partial charge >= 0.3 is 0 Å². The maximum atomic E-state index is 13.0. The third-order valence-electron chi connectivity index (χ3n) is 6.01. The maximum absolute atomic E-state index is 13.0. The van der Waals surface area contributed by atoms with Gasteiger partial charge in [0.1, 0.15) is 6.04 Å². The molecule has 2 aliphatic rings. The fourth-order valence-electron chi connectivity index (χ4n) is 4.23. The van der Waals surface area contributed by atoms with Crippen molar-refractivity contribution in [3.05, 3.63) is 30.6 Å². The van der Waals surface area contributed by atoms with Crippen molar-refractivity contribution < 1.29 is 9.59 Å². The van der Waals surface area contributed by atoms with Crippen LogP contribution >= 0.6 is 0 Å². The van der Waals surface area contributed by atoms with E-state index < -0.39 is 0 Å². The second-order valence-corrected chi connectivity index (χ2v) is 7.86. The van der Waals surface area contributed by atoms with E-state index in [9.17, 15) is 9.59 Å². The van der Waals surface area contributed by atoms with E-state index in [1.54, 1.807) is 6.33 Å². The molecule has 0 spiro atoms. The van der Waals surface area contributed by atoms with E-state index >= 15 is 0 Å². The summed E-state index contributed by atoms with van der Waals surface area (Å²) in [5.41, 5.74) is 1.89. The fourth-order valence-corrected chi connectivity index (χ4v) is 4.23.